The quantitative estimate of drug-likeness (QED) is 0.579. The number of fused-ring (bicyclic) bond motifs is 1. The first kappa shape index (κ1) is 14.9. The zero-order valence-corrected chi connectivity index (χ0v) is 13.6. The second-order valence-corrected chi connectivity index (χ2v) is 5.85. The molecule has 0 radical (unpaired) electrons. The van der Waals surface area contributed by atoms with Crippen LogP contribution in [0, 0.1) is 18.3 Å². The van der Waals surface area contributed by atoms with Crippen LogP contribution in [0.25, 0.3) is 22.2 Å². The van der Waals surface area contributed by atoms with Gasteiger partial charge in [-0.25, -0.2) is 0 Å². The van der Waals surface area contributed by atoms with Crippen LogP contribution in [-0.4, -0.2) is 15.2 Å². The highest BCUT2D eigenvalue weighted by atomic mass is 15.1. The Kier molecular flexibility index (Phi) is 3.64. The summed E-state index contributed by atoms with van der Waals surface area (Å²) in [6.45, 7) is 1.98. The minimum absolute atomic E-state index is 0.627. The summed E-state index contributed by atoms with van der Waals surface area (Å²) in [5, 5.41) is 21.2. The molecule has 0 saturated heterocycles. The second-order valence-electron chi connectivity index (χ2n) is 5.85. The van der Waals surface area contributed by atoms with E-state index in [1.54, 1.807) is 12.4 Å². The van der Waals surface area contributed by atoms with Crippen LogP contribution in [0.3, 0.4) is 0 Å². The van der Waals surface area contributed by atoms with Gasteiger partial charge in [0.05, 0.1) is 16.8 Å². The molecular weight excluding hydrogens is 310 g/mol. The lowest BCUT2D eigenvalue weighted by molar-refractivity contribution is 1.12. The summed E-state index contributed by atoms with van der Waals surface area (Å²) in [4.78, 5) is 4.05. The van der Waals surface area contributed by atoms with E-state index in [0.717, 1.165) is 39.1 Å². The number of nitriles is 1. The molecule has 5 heteroatoms. The summed E-state index contributed by atoms with van der Waals surface area (Å²) >= 11 is 0. The maximum Gasteiger partial charge on any atom is 0.101 e. The van der Waals surface area contributed by atoms with Gasteiger partial charge in [-0.1, -0.05) is 6.07 Å². The third kappa shape index (κ3) is 2.81. The lowest BCUT2D eigenvalue weighted by Crippen LogP contribution is -1.94. The number of rotatable bonds is 3. The highest BCUT2D eigenvalue weighted by Gasteiger charge is 2.10. The molecule has 2 aromatic heterocycles. The summed E-state index contributed by atoms with van der Waals surface area (Å²) in [5.41, 5.74) is 6.23. The first-order valence-corrected chi connectivity index (χ1v) is 7.91. The highest BCUT2D eigenvalue weighted by molar-refractivity contribution is 5.95. The molecule has 2 N–H and O–H groups in total. The van der Waals surface area contributed by atoms with Crippen molar-refractivity contribution >= 4 is 22.3 Å². The lowest BCUT2D eigenvalue weighted by Gasteiger charge is -2.09. The van der Waals surface area contributed by atoms with E-state index < -0.39 is 0 Å². The molecule has 2 heterocycles. The number of pyridine rings is 1. The number of aromatic amines is 1. The fraction of sp³-hybridized carbons (Fsp3) is 0.0500. The Morgan fingerprint density at radius 1 is 1.04 bits per heavy atom. The molecule has 0 aliphatic rings. The average Bonchev–Trinajstić information content (AvgIpc) is 3.07. The van der Waals surface area contributed by atoms with Crippen LogP contribution in [0.5, 0.6) is 0 Å². The number of nitrogens with one attached hydrogen (secondary N) is 2. The van der Waals surface area contributed by atoms with E-state index in [0.29, 0.717) is 5.56 Å². The van der Waals surface area contributed by atoms with Crippen LogP contribution in [0.2, 0.25) is 0 Å². The fourth-order valence-electron chi connectivity index (χ4n) is 2.84. The fourth-order valence-corrected chi connectivity index (χ4v) is 2.84. The standard InChI is InChI=1S/C20H15N5/c1-13-2-4-18(15(10-13)12-21)23-16-3-5-19-17(11-16)20(25-24-19)14-6-8-22-9-7-14/h2-11,23H,1H3,(H,24,25). The van der Waals surface area contributed by atoms with Crippen LogP contribution in [0.4, 0.5) is 11.4 Å². The first-order valence-electron chi connectivity index (χ1n) is 7.91. The van der Waals surface area contributed by atoms with Crippen molar-refractivity contribution in [1.29, 1.82) is 5.26 Å². The van der Waals surface area contributed by atoms with Crippen LogP contribution < -0.4 is 5.32 Å². The second kappa shape index (κ2) is 6.10. The molecule has 0 saturated carbocycles. The number of hydrogen-bond donors (Lipinski definition) is 2. The van der Waals surface area contributed by atoms with Gasteiger partial charge in [0, 0.05) is 29.0 Å². The largest absolute Gasteiger partial charge is 0.354 e. The van der Waals surface area contributed by atoms with Gasteiger partial charge >= 0.3 is 0 Å². The van der Waals surface area contributed by atoms with Gasteiger partial charge in [-0.15, -0.1) is 0 Å². The molecule has 0 bridgehead atoms. The van der Waals surface area contributed by atoms with E-state index in [-0.39, 0.29) is 0 Å². The highest BCUT2D eigenvalue weighted by Crippen LogP contribution is 2.30. The lowest BCUT2D eigenvalue weighted by atomic mass is 10.1. The van der Waals surface area contributed by atoms with Crippen molar-refractivity contribution in [2.75, 3.05) is 5.32 Å². The monoisotopic (exact) mass is 325 g/mol. The number of nitrogens with zero attached hydrogens (tertiary/aromatic N) is 3. The molecular formula is C20H15N5. The van der Waals surface area contributed by atoms with Gasteiger partial charge in [0.1, 0.15) is 11.8 Å². The molecule has 4 rings (SSSR count). The van der Waals surface area contributed by atoms with Crippen LogP contribution in [0.1, 0.15) is 11.1 Å². The van der Waals surface area contributed by atoms with Crippen LogP contribution in [-0.2, 0) is 0 Å². The predicted octanol–water partition coefficient (Wildman–Crippen LogP) is 4.55. The van der Waals surface area contributed by atoms with E-state index in [1.807, 2.05) is 55.5 Å². The van der Waals surface area contributed by atoms with Crippen molar-refractivity contribution in [3.05, 3.63) is 72.1 Å². The van der Waals surface area contributed by atoms with Crippen LogP contribution >= 0.6 is 0 Å². The van der Waals surface area contributed by atoms with Crippen molar-refractivity contribution in [3.63, 3.8) is 0 Å². The third-order valence-corrected chi connectivity index (χ3v) is 4.09. The minimum Gasteiger partial charge on any atom is -0.354 e. The normalized spacial score (nSPS) is 10.6. The van der Waals surface area contributed by atoms with Crippen molar-refractivity contribution in [2.24, 2.45) is 0 Å². The van der Waals surface area contributed by atoms with Crippen molar-refractivity contribution in [1.82, 2.24) is 15.2 Å². The molecule has 0 amide bonds. The van der Waals surface area contributed by atoms with E-state index in [2.05, 4.69) is 26.6 Å². The third-order valence-electron chi connectivity index (χ3n) is 4.09. The van der Waals surface area contributed by atoms with Gasteiger partial charge in [-0.3, -0.25) is 10.1 Å². The predicted molar refractivity (Wildman–Crippen MR) is 98.5 cm³/mol. The topological polar surface area (TPSA) is 77.4 Å². The number of aromatic nitrogens is 3. The van der Waals surface area contributed by atoms with Crippen molar-refractivity contribution < 1.29 is 0 Å². The first-order chi connectivity index (χ1) is 12.2. The summed E-state index contributed by atoms with van der Waals surface area (Å²) in [7, 11) is 0. The molecule has 0 atom stereocenters. The number of hydrogen-bond acceptors (Lipinski definition) is 4. The SMILES string of the molecule is Cc1ccc(Nc2ccc3[nH]nc(-c4ccncc4)c3c2)c(C#N)c1. The van der Waals surface area contributed by atoms with Gasteiger partial charge in [-0.05, 0) is 55.0 Å². The van der Waals surface area contributed by atoms with Crippen molar-refractivity contribution in [2.45, 2.75) is 6.92 Å². The molecule has 0 aliphatic carbocycles. The average molecular weight is 325 g/mol. The molecule has 0 unspecified atom stereocenters. The van der Waals surface area contributed by atoms with E-state index >= 15 is 0 Å². The van der Waals surface area contributed by atoms with Gasteiger partial charge in [0.15, 0.2) is 0 Å². The van der Waals surface area contributed by atoms with Crippen LogP contribution in [0.15, 0.2) is 60.9 Å². The van der Waals surface area contributed by atoms with E-state index in [4.69, 9.17) is 0 Å². The molecule has 120 valence electrons. The Bertz CT molecular complexity index is 1090. The number of H-pyrrole nitrogens is 1. The minimum atomic E-state index is 0.627. The Morgan fingerprint density at radius 2 is 1.88 bits per heavy atom. The van der Waals surface area contributed by atoms with E-state index in [1.165, 1.54) is 0 Å². The molecule has 0 aliphatic heterocycles. The van der Waals surface area contributed by atoms with Gasteiger partial charge in [-0.2, -0.15) is 10.4 Å². The maximum absolute atomic E-state index is 9.34. The van der Waals surface area contributed by atoms with Crippen molar-refractivity contribution in [3.8, 4) is 17.3 Å². The molecule has 2 aromatic carbocycles. The Labute approximate surface area is 145 Å². The zero-order valence-electron chi connectivity index (χ0n) is 13.6. The maximum atomic E-state index is 9.34. The molecule has 4 aromatic rings. The molecule has 0 fully saturated rings. The molecule has 0 spiro atoms. The number of aryl methyl sites for hydroxylation is 1. The number of anilines is 2. The molecule has 25 heavy (non-hydrogen) atoms. The summed E-state index contributed by atoms with van der Waals surface area (Å²) in [6.07, 6.45) is 3.51. The Balaban J connectivity index is 1.76. The summed E-state index contributed by atoms with van der Waals surface area (Å²) in [5.74, 6) is 0. The summed E-state index contributed by atoms with van der Waals surface area (Å²) < 4.78 is 0. The van der Waals surface area contributed by atoms with E-state index in [9.17, 15) is 5.26 Å². The molecule has 5 nitrogen and oxygen atoms in total. The zero-order chi connectivity index (χ0) is 17.2. The smallest absolute Gasteiger partial charge is 0.101 e. The Hall–Kier alpha value is -3.65. The van der Waals surface area contributed by atoms with Gasteiger partial charge in [0.25, 0.3) is 0 Å². The summed E-state index contributed by atoms with van der Waals surface area (Å²) in [6, 6.07) is 17.9. The van der Waals surface area contributed by atoms with Gasteiger partial charge in [0.2, 0.25) is 0 Å². The van der Waals surface area contributed by atoms with Gasteiger partial charge < -0.3 is 5.32 Å². The number of benzene rings is 2. The Morgan fingerprint density at radius 3 is 2.68 bits per heavy atom.